The highest BCUT2D eigenvalue weighted by molar-refractivity contribution is 6.24. The molecule has 0 bridgehead atoms. The highest BCUT2D eigenvalue weighted by atomic mass is 16.3. The largest absolute Gasteiger partial charge is 0.507 e. The molecule has 0 unspecified atom stereocenters. The molecule has 2 N–H and O–H groups in total. The zero-order chi connectivity index (χ0) is 24.6. The minimum absolute atomic E-state index is 0.0188. The van der Waals surface area contributed by atoms with Crippen LogP contribution in [0, 0.1) is 0 Å². The van der Waals surface area contributed by atoms with E-state index in [4.69, 9.17) is 0 Å². The molecular weight excluding hydrogens is 450 g/mol. The van der Waals surface area contributed by atoms with E-state index in [1.54, 1.807) is 23.1 Å². The van der Waals surface area contributed by atoms with Gasteiger partial charge in [0.05, 0.1) is 18.4 Å². The molecule has 6 heteroatoms. The number of amides is 2. The molecule has 2 amide bonds. The lowest BCUT2D eigenvalue weighted by atomic mass is 10.0. The molecule has 0 fully saturated rings. The van der Waals surface area contributed by atoms with Gasteiger partial charge in [-0.05, 0) is 52.1 Å². The van der Waals surface area contributed by atoms with E-state index in [0.717, 1.165) is 32.8 Å². The number of fused-ring (bicyclic) bond motifs is 1. The van der Waals surface area contributed by atoms with Gasteiger partial charge in [0.25, 0.3) is 11.8 Å². The van der Waals surface area contributed by atoms with Gasteiger partial charge in [0.2, 0.25) is 0 Å². The zero-order valence-electron chi connectivity index (χ0n) is 19.2. The molecule has 0 spiro atoms. The highest BCUT2D eigenvalue weighted by Crippen LogP contribution is 2.38. The number of phenolic OH excluding ortho intramolecular Hbond substituents is 1. The summed E-state index contributed by atoms with van der Waals surface area (Å²) in [4.78, 5) is 27.4. The second-order valence-corrected chi connectivity index (χ2v) is 8.69. The zero-order valence-corrected chi connectivity index (χ0v) is 19.2. The third-order valence-corrected chi connectivity index (χ3v) is 6.51. The lowest BCUT2D eigenvalue weighted by molar-refractivity contribution is 0.0953. The predicted octanol–water partition coefficient (Wildman–Crippen LogP) is 5.62. The second-order valence-electron chi connectivity index (χ2n) is 8.69. The number of hydrogen-bond acceptors (Lipinski definition) is 4. The molecular formula is C30H21N3O3. The van der Waals surface area contributed by atoms with Crippen LogP contribution in [0.4, 0.5) is 5.69 Å². The maximum atomic E-state index is 13.0. The van der Waals surface area contributed by atoms with Gasteiger partial charge in [-0.2, -0.15) is 5.10 Å². The molecule has 6 nitrogen and oxygen atoms in total. The summed E-state index contributed by atoms with van der Waals surface area (Å²) in [7, 11) is 0. The number of benzene rings is 5. The Morgan fingerprint density at radius 1 is 0.861 bits per heavy atom. The summed E-state index contributed by atoms with van der Waals surface area (Å²) < 4.78 is 0. The number of nitrogens with zero attached hydrogens (tertiary/aromatic N) is 2. The van der Waals surface area contributed by atoms with Gasteiger partial charge in [0.15, 0.2) is 0 Å². The van der Waals surface area contributed by atoms with Crippen molar-refractivity contribution in [2.75, 3.05) is 4.90 Å². The molecule has 0 atom stereocenters. The quantitative estimate of drug-likeness (QED) is 0.258. The van der Waals surface area contributed by atoms with Crippen molar-refractivity contribution in [1.82, 2.24) is 5.43 Å². The first kappa shape index (κ1) is 21.6. The summed E-state index contributed by atoms with van der Waals surface area (Å²) in [5.74, 6) is -0.299. The molecule has 0 aliphatic carbocycles. The number of aromatic hydroxyl groups is 1. The normalized spacial score (nSPS) is 12.7. The van der Waals surface area contributed by atoms with Gasteiger partial charge in [0.1, 0.15) is 5.75 Å². The summed E-state index contributed by atoms with van der Waals surface area (Å²) in [5, 5.41) is 18.1. The predicted molar refractivity (Wildman–Crippen MR) is 142 cm³/mol. The molecule has 1 aliphatic heterocycles. The van der Waals surface area contributed by atoms with Crippen molar-refractivity contribution in [3.05, 3.63) is 119 Å². The smallest absolute Gasteiger partial charge is 0.271 e. The first-order valence-corrected chi connectivity index (χ1v) is 11.6. The van der Waals surface area contributed by atoms with Crippen molar-refractivity contribution in [2.45, 2.75) is 6.54 Å². The van der Waals surface area contributed by atoms with E-state index in [1.165, 1.54) is 6.21 Å². The van der Waals surface area contributed by atoms with Gasteiger partial charge in [-0.25, -0.2) is 5.43 Å². The Morgan fingerprint density at radius 2 is 1.61 bits per heavy atom. The fourth-order valence-corrected chi connectivity index (χ4v) is 4.72. The lowest BCUT2D eigenvalue weighted by Crippen LogP contribution is -2.26. The van der Waals surface area contributed by atoms with E-state index >= 15 is 0 Å². The van der Waals surface area contributed by atoms with Gasteiger partial charge in [-0.15, -0.1) is 0 Å². The second kappa shape index (κ2) is 8.67. The van der Waals surface area contributed by atoms with Gasteiger partial charge in [0, 0.05) is 22.1 Å². The summed E-state index contributed by atoms with van der Waals surface area (Å²) in [6, 6.07) is 29.9. The number of rotatable bonds is 5. The summed E-state index contributed by atoms with van der Waals surface area (Å²) >= 11 is 0. The first-order valence-electron chi connectivity index (χ1n) is 11.6. The fourth-order valence-electron chi connectivity index (χ4n) is 4.72. The minimum Gasteiger partial charge on any atom is -0.507 e. The molecule has 0 aromatic heterocycles. The third-order valence-electron chi connectivity index (χ3n) is 6.51. The number of nitrogens with one attached hydrogen (secondary N) is 1. The van der Waals surface area contributed by atoms with Crippen LogP contribution in [0.1, 0.15) is 31.8 Å². The maximum absolute atomic E-state index is 13.0. The van der Waals surface area contributed by atoms with Crippen LogP contribution in [-0.2, 0) is 6.54 Å². The topological polar surface area (TPSA) is 82.0 Å². The summed E-state index contributed by atoms with van der Waals surface area (Å²) in [6.45, 7) is 0.410. The van der Waals surface area contributed by atoms with Crippen molar-refractivity contribution in [3.63, 3.8) is 0 Å². The van der Waals surface area contributed by atoms with Crippen molar-refractivity contribution in [1.29, 1.82) is 0 Å². The van der Waals surface area contributed by atoms with Gasteiger partial charge in [-0.3, -0.25) is 9.59 Å². The van der Waals surface area contributed by atoms with Gasteiger partial charge < -0.3 is 10.0 Å². The first-order chi connectivity index (χ1) is 17.6. The van der Waals surface area contributed by atoms with Crippen molar-refractivity contribution < 1.29 is 14.7 Å². The van der Waals surface area contributed by atoms with Crippen molar-refractivity contribution in [3.8, 4) is 5.75 Å². The van der Waals surface area contributed by atoms with Crippen LogP contribution < -0.4 is 10.3 Å². The monoisotopic (exact) mass is 471 g/mol. The Balaban J connectivity index is 1.16. The van der Waals surface area contributed by atoms with E-state index in [0.29, 0.717) is 23.2 Å². The van der Waals surface area contributed by atoms with Crippen LogP contribution in [0.2, 0.25) is 0 Å². The molecule has 0 saturated carbocycles. The summed E-state index contributed by atoms with van der Waals surface area (Å²) in [5.41, 5.74) is 6.03. The van der Waals surface area contributed by atoms with Crippen LogP contribution in [0.15, 0.2) is 102 Å². The average Bonchev–Trinajstić information content (AvgIpc) is 3.18. The van der Waals surface area contributed by atoms with Crippen molar-refractivity contribution >= 4 is 45.3 Å². The third kappa shape index (κ3) is 3.65. The number of anilines is 1. The van der Waals surface area contributed by atoms with Crippen LogP contribution in [-0.4, -0.2) is 23.1 Å². The number of hydrazone groups is 1. The van der Waals surface area contributed by atoms with E-state index in [-0.39, 0.29) is 17.6 Å². The van der Waals surface area contributed by atoms with Gasteiger partial charge in [-0.1, -0.05) is 66.7 Å². The van der Waals surface area contributed by atoms with Crippen LogP contribution in [0.5, 0.6) is 5.75 Å². The Labute approximate surface area is 207 Å². The van der Waals surface area contributed by atoms with E-state index in [2.05, 4.69) is 10.5 Å². The molecule has 0 radical (unpaired) electrons. The molecule has 0 saturated heterocycles. The van der Waals surface area contributed by atoms with Crippen LogP contribution in [0.25, 0.3) is 21.5 Å². The molecule has 1 aliphatic rings. The molecule has 1 heterocycles. The lowest BCUT2D eigenvalue weighted by Gasteiger charge is -2.18. The fraction of sp³-hybridized carbons (Fsp3) is 0.0333. The Kier molecular flexibility index (Phi) is 5.19. The maximum Gasteiger partial charge on any atom is 0.271 e. The van der Waals surface area contributed by atoms with Crippen LogP contribution in [0.3, 0.4) is 0 Å². The molecule has 6 rings (SSSR count). The SMILES string of the molecule is O=C(N/N=C/c1c(O)ccc2ccccc12)c1ccc(CN2C(=O)c3cccc4cccc2c34)cc1. The molecule has 36 heavy (non-hydrogen) atoms. The average molecular weight is 472 g/mol. The minimum atomic E-state index is -0.369. The van der Waals surface area contributed by atoms with Gasteiger partial charge >= 0.3 is 0 Å². The molecule has 174 valence electrons. The Hall–Kier alpha value is -4.97. The Bertz CT molecular complexity index is 1680. The molecule has 5 aromatic carbocycles. The number of carbonyl (C=O) groups excluding carboxylic acids is 2. The van der Waals surface area contributed by atoms with Crippen LogP contribution >= 0.6 is 0 Å². The standard InChI is InChI=1S/C30H21N3O3/c34-27-16-15-20-5-1-2-8-23(20)25(27)17-31-32-29(35)22-13-11-19(12-14-22)18-33-26-10-4-7-21-6-3-9-24(28(21)26)30(33)36/h1-17,34H,18H2,(H,32,35)/b31-17+. The summed E-state index contributed by atoms with van der Waals surface area (Å²) in [6.07, 6.45) is 1.45. The molecule has 5 aromatic rings. The number of carbonyl (C=O) groups is 2. The highest BCUT2D eigenvalue weighted by Gasteiger charge is 2.29. The Morgan fingerprint density at radius 3 is 2.44 bits per heavy atom. The number of hydrogen-bond donors (Lipinski definition) is 2. The number of phenols is 1. The van der Waals surface area contributed by atoms with E-state index in [1.807, 2.05) is 78.9 Å². The van der Waals surface area contributed by atoms with E-state index in [9.17, 15) is 14.7 Å². The van der Waals surface area contributed by atoms with E-state index < -0.39 is 0 Å². The van der Waals surface area contributed by atoms with Crippen molar-refractivity contribution in [2.24, 2.45) is 5.10 Å².